The number of carbonyl (C=O) groups is 4. The number of ether oxygens (including phenoxy) is 1. The number of piperazine rings is 1. The molecule has 3 aromatic rings. The maximum Gasteiger partial charge on any atom is 0.303 e. The van der Waals surface area contributed by atoms with Gasteiger partial charge in [-0.05, 0) is 66.4 Å². The van der Waals surface area contributed by atoms with Crippen LogP contribution in [0.15, 0.2) is 48.5 Å². The van der Waals surface area contributed by atoms with Gasteiger partial charge >= 0.3 is 5.97 Å². The van der Waals surface area contributed by atoms with Crippen molar-refractivity contribution in [3.05, 3.63) is 65.2 Å². The van der Waals surface area contributed by atoms with Crippen molar-refractivity contribution in [3.8, 4) is 5.75 Å². The largest absolute Gasteiger partial charge is 0.489 e. The van der Waals surface area contributed by atoms with E-state index in [-0.39, 0.29) is 37.3 Å². The fraction of sp³-hybridized carbons (Fsp3) is 0.424. The number of carboxylic acid groups (broad SMARTS) is 1. The van der Waals surface area contributed by atoms with E-state index >= 15 is 0 Å². The Morgan fingerprint density at radius 3 is 2.58 bits per heavy atom. The van der Waals surface area contributed by atoms with Crippen LogP contribution in [0.1, 0.15) is 47.7 Å². The first kappa shape index (κ1) is 30.3. The van der Waals surface area contributed by atoms with Gasteiger partial charge in [0.25, 0.3) is 5.91 Å². The number of carbonyl (C=O) groups excluding carboxylic acids is 3. The number of amides is 3. The van der Waals surface area contributed by atoms with Gasteiger partial charge in [0.05, 0.1) is 5.52 Å². The monoisotopic (exact) mass is 614 g/mol. The number of fused-ring (bicyclic) bond motifs is 2. The van der Waals surface area contributed by atoms with Crippen LogP contribution in [0.5, 0.6) is 5.75 Å². The molecular formula is C33H38N6O6. The predicted molar refractivity (Wildman–Crippen MR) is 167 cm³/mol. The lowest BCUT2D eigenvalue weighted by atomic mass is 10.1. The number of aromatic nitrogens is 1. The van der Waals surface area contributed by atoms with E-state index in [1.54, 1.807) is 19.1 Å². The average Bonchev–Trinajstić information content (AvgIpc) is 3.59. The zero-order valence-electron chi connectivity index (χ0n) is 25.4. The lowest BCUT2D eigenvalue weighted by Gasteiger charge is -2.35. The molecule has 3 amide bonds. The van der Waals surface area contributed by atoms with E-state index in [9.17, 15) is 19.2 Å². The van der Waals surface area contributed by atoms with E-state index in [1.165, 1.54) is 10.5 Å². The van der Waals surface area contributed by atoms with Crippen LogP contribution in [-0.2, 0) is 27.5 Å². The number of hydrogen-bond donors (Lipinski definition) is 2. The van der Waals surface area contributed by atoms with Gasteiger partial charge in [-0.3, -0.25) is 24.1 Å². The second kappa shape index (κ2) is 12.7. The highest BCUT2D eigenvalue weighted by atomic mass is 16.5. The van der Waals surface area contributed by atoms with Crippen LogP contribution in [-0.4, -0.2) is 99.9 Å². The molecule has 6 rings (SSSR count). The van der Waals surface area contributed by atoms with Crippen molar-refractivity contribution in [1.29, 1.82) is 0 Å². The van der Waals surface area contributed by atoms with Crippen molar-refractivity contribution in [2.24, 2.45) is 5.73 Å². The number of nitrogens with zero attached hydrogens (tertiary/aromatic N) is 5. The standard InChI is InChI=1S/C33H38N6O6/c1-21(40)37-12-14-38(15-13-37)30-8-3-23-16-22(2-6-28(23)35-30)18-36-11-10-26(20-36)45-25-4-5-27-24(17-25)19-39(33(27)44)29(32(34)43)7-9-31(41)42/h2-6,8,16-17,26,29H,7,9-15,18-20H2,1H3,(H2,34,43)(H,41,42). The van der Waals surface area contributed by atoms with E-state index in [4.69, 9.17) is 20.6 Å². The summed E-state index contributed by atoms with van der Waals surface area (Å²) in [5.74, 6) is -0.374. The molecule has 3 N–H and O–H groups in total. The van der Waals surface area contributed by atoms with Crippen LogP contribution < -0.4 is 15.4 Å². The molecule has 2 saturated heterocycles. The van der Waals surface area contributed by atoms with Gasteiger partial charge in [0, 0.05) is 76.7 Å². The minimum Gasteiger partial charge on any atom is -0.489 e. The van der Waals surface area contributed by atoms with Gasteiger partial charge in [0.15, 0.2) is 0 Å². The molecule has 12 heteroatoms. The fourth-order valence-electron chi connectivity index (χ4n) is 6.53. The number of pyridine rings is 1. The Kier molecular flexibility index (Phi) is 8.57. The summed E-state index contributed by atoms with van der Waals surface area (Å²) in [5.41, 5.74) is 8.88. The van der Waals surface area contributed by atoms with Crippen molar-refractivity contribution < 1.29 is 29.0 Å². The van der Waals surface area contributed by atoms with Crippen molar-refractivity contribution in [1.82, 2.24) is 19.7 Å². The Balaban J connectivity index is 1.04. The molecule has 2 fully saturated rings. The Morgan fingerprint density at radius 1 is 1.04 bits per heavy atom. The van der Waals surface area contributed by atoms with Gasteiger partial charge in [0.1, 0.15) is 23.7 Å². The van der Waals surface area contributed by atoms with Gasteiger partial charge < -0.3 is 30.3 Å². The highest BCUT2D eigenvalue weighted by Gasteiger charge is 2.36. The Morgan fingerprint density at radius 2 is 1.84 bits per heavy atom. The van der Waals surface area contributed by atoms with Crippen LogP contribution in [0.2, 0.25) is 0 Å². The minimum absolute atomic E-state index is 0.00153. The SMILES string of the molecule is CC(=O)N1CCN(c2ccc3cc(CN4CCC(Oc5ccc6c(c5)CN(C(CCC(=O)O)C(N)=O)C6=O)C4)ccc3n2)CC1. The molecule has 0 radical (unpaired) electrons. The summed E-state index contributed by atoms with van der Waals surface area (Å²) in [6, 6.07) is 14.9. The number of benzene rings is 2. The zero-order valence-corrected chi connectivity index (χ0v) is 25.4. The van der Waals surface area contributed by atoms with Gasteiger partial charge in [-0.1, -0.05) is 6.07 Å². The molecule has 3 aliphatic heterocycles. The van der Waals surface area contributed by atoms with Crippen LogP contribution >= 0.6 is 0 Å². The number of carboxylic acids is 1. The Labute approximate surface area is 261 Å². The Hall–Kier alpha value is -4.71. The molecule has 0 saturated carbocycles. The number of aliphatic carboxylic acids is 1. The average molecular weight is 615 g/mol. The number of nitrogens with two attached hydrogens (primary N) is 1. The van der Waals surface area contributed by atoms with Gasteiger partial charge in [-0.15, -0.1) is 0 Å². The second-order valence-electron chi connectivity index (χ2n) is 12.1. The maximum absolute atomic E-state index is 13.0. The number of likely N-dealkylation sites (tertiary alicyclic amines) is 1. The van der Waals surface area contributed by atoms with Crippen LogP contribution in [0.25, 0.3) is 10.9 Å². The molecule has 0 bridgehead atoms. The molecule has 1 aromatic heterocycles. The zero-order chi connectivity index (χ0) is 31.7. The van der Waals surface area contributed by atoms with Crippen LogP contribution in [0.4, 0.5) is 5.82 Å². The molecule has 3 aliphatic rings. The first-order chi connectivity index (χ1) is 21.6. The summed E-state index contributed by atoms with van der Waals surface area (Å²) in [6.45, 7) is 7.24. The van der Waals surface area contributed by atoms with Crippen molar-refractivity contribution in [2.45, 2.75) is 51.4 Å². The summed E-state index contributed by atoms with van der Waals surface area (Å²) in [5, 5.41) is 10.1. The number of hydrogen-bond acceptors (Lipinski definition) is 8. The lowest BCUT2D eigenvalue weighted by Crippen LogP contribution is -2.48. The van der Waals surface area contributed by atoms with Crippen LogP contribution in [0.3, 0.4) is 0 Å². The second-order valence-corrected chi connectivity index (χ2v) is 12.1. The molecule has 12 nitrogen and oxygen atoms in total. The molecule has 0 spiro atoms. The smallest absolute Gasteiger partial charge is 0.303 e. The van der Waals surface area contributed by atoms with Crippen LogP contribution in [0, 0.1) is 0 Å². The van der Waals surface area contributed by atoms with E-state index in [2.05, 4.69) is 40.1 Å². The summed E-state index contributed by atoms with van der Waals surface area (Å²) in [7, 11) is 0. The lowest BCUT2D eigenvalue weighted by molar-refractivity contribution is -0.137. The third kappa shape index (κ3) is 6.70. The van der Waals surface area contributed by atoms with E-state index in [1.807, 2.05) is 11.0 Å². The summed E-state index contributed by atoms with van der Waals surface area (Å²) in [4.78, 5) is 60.3. The normalized spacial score (nSPS) is 19.2. The van der Waals surface area contributed by atoms with E-state index < -0.39 is 17.9 Å². The molecular weight excluding hydrogens is 576 g/mol. The summed E-state index contributed by atoms with van der Waals surface area (Å²) < 4.78 is 6.31. The molecule has 2 aromatic carbocycles. The topological polar surface area (TPSA) is 150 Å². The molecule has 45 heavy (non-hydrogen) atoms. The molecule has 4 heterocycles. The quantitative estimate of drug-likeness (QED) is 0.351. The van der Waals surface area contributed by atoms with E-state index in [0.29, 0.717) is 24.4 Å². The molecule has 2 atom stereocenters. The third-order valence-electron chi connectivity index (χ3n) is 8.97. The first-order valence-electron chi connectivity index (χ1n) is 15.4. The maximum atomic E-state index is 13.0. The van der Waals surface area contributed by atoms with Crippen molar-refractivity contribution in [2.75, 3.05) is 44.2 Å². The summed E-state index contributed by atoms with van der Waals surface area (Å²) >= 11 is 0. The highest BCUT2D eigenvalue weighted by Crippen LogP contribution is 2.31. The minimum atomic E-state index is -1.05. The van der Waals surface area contributed by atoms with Crippen molar-refractivity contribution in [3.63, 3.8) is 0 Å². The number of rotatable bonds is 10. The molecule has 236 valence electrons. The third-order valence-corrected chi connectivity index (χ3v) is 8.97. The molecule has 0 aliphatic carbocycles. The Bertz CT molecular complexity index is 1640. The highest BCUT2D eigenvalue weighted by molar-refractivity contribution is 6.01. The summed E-state index contributed by atoms with van der Waals surface area (Å²) in [6.07, 6.45) is 0.592. The fourth-order valence-corrected chi connectivity index (χ4v) is 6.53. The van der Waals surface area contributed by atoms with E-state index in [0.717, 1.165) is 61.4 Å². The van der Waals surface area contributed by atoms with Gasteiger partial charge in [-0.2, -0.15) is 0 Å². The predicted octanol–water partition coefficient (Wildman–Crippen LogP) is 2.23. The number of anilines is 1. The van der Waals surface area contributed by atoms with Crippen molar-refractivity contribution >= 4 is 40.4 Å². The number of primary amides is 1. The van der Waals surface area contributed by atoms with Gasteiger partial charge in [-0.25, -0.2) is 4.98 Å². The van der Waals surface area contributed by atoms with Gasteiger partial charge in [0.2, 0.25) is 11.8 Å². The first-order valence-corrected chi connectivity index (χ1v) is 15.4. The molecule has 2 unspecified atom stereocenters.